The summed E-state index contributed by atoms with van der Waals surface area (Å²) in [7, 11) is -11.8. The van der Waals surface area contributed by atoms with Crippen LogP contribution >= 0.6 is 0 Å². The molecular formula is C24H36N2O13S3. The quantitative estimate of drug-likeness (QED) is 0.116. The third kappa shape index (κ3) is 12.8. The fourth-order valence-electron chi connectivity index (χ4n) is 3.59. The molecule has 4 N–H and O–H groups in total. The summed E-state index contributed by atoms with van der Waals surface area (Å²) < 4.78 is 86.4. The molecule has 0 spiro atoms. The smallest absolute Gasteiger partial charge is 0.435 e. The molecular weight excluding hydrogens is 620 g/mol. The maximum atomic E-state index is 13.3. The zero-order valence-corrected chi connectivity index (χ0v) is 25.9. The van der Waals surface area contributed by atoms with E-state index in [1.54, 1.807) is 30.3 Å². The molecule has 238 valence electrons. The number of rotatable bonds is 15. The minimum atomic E-state index is -4.79. The predicted molar refractivity (Wildman–Crippen MR) is 151 cm³/mol. The van der Waals surface area contributed by atoms with Gasteiger partial charge in [-0.2, -0.15) is 8.42 Å². The fourth-order valence-corrected chi connectivity index (χ4v) is 7.21. The van der Waals surface area contributed by atoms with Gasteiger partial charge in [0.05, 0.1) is 36.2 Å². The van der Waals surface area contributed by atoms with Crippen LogP contribution in [-0.4, -0.2) is 101 Å². The highest BCUT2D eigenvalue weighted by Gasteiger charge is 2.37. The molecule has 0 saturated carbocycles. The van der Waals surface area contributed by atoms with Crippen LogP contribution in [0.2, 0.25) is 0 Å². The Morgan fingerprint density at radius 2 is 1.64 bits per heavy atom. The van der Waals surface area contributed by atoms with Crippen LogP contribution in [0.1, 0.15) is 32.8 Å². The molecule has 0 radical (unpaired) electrons. The van der Waals surface area contributed by atoms with Crippen molar-refractivity contribution in [3.05, 3.63) is 35.9 Å². The number of amides is 1. The monoisotopic (exact) mass is 656 g/mol. The summed E-state index contributed by atoms with van der Waals surface area (Å²) in [5.74, 6) is -5.49. The lowest BCUT2D eigenvalue weighted by atomic mass is 9.99. The first kappa shape index (κ1) is 37.0. The summed E-state index contributed by atoms with van der Waals surface area (Å²) >= 11 is 0. The van der Waals surface area contributed by atoms with E-state index >= 15 is 0 Å². The van der Waals surface area contributed by atoms with Gasteiger partial charge in [0.2, 0.25) is 22.5 Å². The van der Waals surface area contributed by atoms with Crippen molar-refractivity contribution in [1.29, 1.82) is 0 Å². The van der Waals surface area contributed by atoms with Crippen LogP contribution in [0.25, 0.3) is 0 Å². The Bertz CT molecular complexity index is 1430. The van der Waals surface area contributed by atoms with Gasteiger partial charge in [-0.25, -0.2) is 26.4 Å². The van der Waals surface area contributed by atoms with E-state index in [4.69, 9.17) is 15.2 Å². The zero-order chi connectivity index (χ0) is 32.3. The number of carbonyl (C=O) groups excluding carboxylic acids is 3. The minimum Gasteiger partial charge on any atom is -0.435 e. The molecule has 42 heavy (non-hydrogen) atoms. The molecule has 0 fully saturated rings. The molecule has 0 aromatic heterocycles. The van der Waals surface area contributed by atoms with E-state index in [-0.39, 0.29) is 13.0 Å². The Balaban J connectivity index is 3.30. The van der Waals surface area contributed by atoms with Gasteiger partial charge in [-0.15, -0.1) is 0 Å². The van der Waals surface area contributed by atoms with Crippen molar-refractivity contribution in [2.45, 2.75) is 58.1 Å². The van der Waals surface area contributed by atoms with Crippen molar-refractivity contribution in [2.75, 3.05) is 24.4 Å². The molecule has 15 nitrogen and oxygen atoms in total. The van der Waals surface area contributed by atoms with E-state index < -0.39 is 101 Å². The van der Waals surface area contributed by atoms with E-state index in [0.29, 0.717) is 5.56 Å². The van der Waals surface area contributed by atoms with Gasteiger partial charge < -0.3 is 30.4 Å². The molecule has 1 amide bonds. The third-order valence-corrected chi connectivity index (χ3v) is 10.1. The second-order valence-corrected chi connectivity index (χ2v) is 14.7. The van der Waals surface area contributed by atoms with Crippen LogP contribution in [0.5, 0.6) is 0 Å². The van der Waals surface area contributed by atoms with Crippen LogP contribution in [0.3, 0.4) is 0 Å². The number of nitrogens with two attached hydrogens (primary N) is 1. The average molecular weight is 657 g/mol. The molecule has 0 aliphatic carbocycles. The Morgan fingerprint density at radius 1 is 1.05 bits per heavy atom. The topological polar surface area (TPSA) is 240 Å². The number of aliphatic hydroxyl groups is 1. The van der Waals surface area contributed by atoms with Gasteiger partial charge in [-0.1, -0.05) is 30.3 Å². The van der Waals surface area contributed by atoms with Gasteiger partial charge in [-0.3, -0.25) is 4.79 Å². The van der Waals surface area contributed by atoms with Gasteiger partial charge >= 0.3 is 12.1 Å². The second kappa shape index (κ2) is 16.5. The Kier molecular flexibility index (Phi) is 14.6. The van der Waals surface area contributed by atoms with Crippen LogP contribution in [0, 0.1) is 5.92 Å². The molecule has 0 aliphatic rings. The second-order valence-electron chi connectivity index (χ2n) is 9.28. The number of hydrogen-bond acceptors (Lipinski definition) is 14. The van der Waals surface area contributed by atoms with Crippen molar-refractivity contribution in [3.8, 4) is 0 Å². The summed E-state index contributed by atoms with van der Waals surface area (Å²) in [6.07, 6.45) is -4.07. The highest BCUT2D eigenvalue weighted by molar-refractivity contribution is 8.15. The number of sulfone groups is 2. The van der Waals surface area contributed by atoms with Crippen molar-refractivity contribution < 1.29 is 59.0 Å². The van der Waals surface area contributed by atoms with Gasteiger partial charge in [-0.05, 0) is 32.3 Å². The average Bonchev–Trinajstić information content (AvgIpc) is 2.84. The van der Waals surface area contributed by atoms with Gasteiger partial charge in [0, 0.05) is 13.2 Å². The number of nitrogens with one attached hydrogen (secondary N) is 1. The van der Waals surface area contributed by atoms with Crippen LogP contribution in [0.4, 0.5) is 4.79 Å². The number of esters is 1. The van der Waals surface area contributed by atoms with Crippen LogP contribution in [-0.2, 0) is 60.2 Å². The van der Waals surface area contributed by atoms with Crippen molar-refractivity contribution >= 4 is 52.2 Å². The van der Waals surface area contributed by atoms with E-state index in [0.717, 1.165) is 13.2 Å². The predicted octanol–water partition coefficient (Wildman–Crippen LogP) is -1.04. The molecule has 1 aromatic rings. The fraction of sp³-hybridized carbons (Fsp3) is 0.583. The SMILES string of the molecule is CCOC(=O)OC(C)OC(=O)C(NC(=O)C(Cc1ccccc1)CS(=O)(=O)C(C(N)CCS(C)(=O)=O)=S(=O)=O)C(C)O. The Labute approximate surface area is 246 Å². The summed E-state index contributed by atoms with van der Waals surface area (Å²) in [6, 6.07) is 4.61. The van der Waals surface area contributed by atoms with Crippen LogP contribution < -0.4 is 11.1 Å². The standard InChI is InChI=1S/C24H36N2O13S3/c1-5-37-24(30)39-16(3)38-22(29)20(15(2)27)26-21(28)18(13-17-9-7-6-8-10-17)14-42(35,36)23(40(31)32)19(25)11-12-41(4,33)34/h6-10,15-16,18-20,27H,5,11-14,25H2,1-4H3,(H,26,28). The van der Waals surface area contributed by atoms with Crippen molar-refractivity contribution in [2.24, 2.45) is 11.7 Å². The summed E-state index contributed by atoms with van der Waals surface area (Å²) in [6.45, 7) is 3.81. The van der Waals surface area contributed by atoms with Crippen molar-refractivity contribution in [1.82, 2.24) is 5.32 Å². The first-order valence-corrected chi connectivity index (χ1v) is 17.3. The Morgan fingerprint density at radius 3 is 2.14 bits per heavy atom. The van der Waals surface area contributed by atoms with Gasteiger partial charge in [0.25, 0.3) is 0 Å². The molecule has 0 aliphatic heterocycles. The molecule has 0 saturated heterocycles. The number of benzene rings is 1. The highest BCUT2D eigenvalue weighted by Crippen LogP contribution is 2.16. The van der Waals surface area contributed by atoms with E-state index in [1.165, 1.54) is 13.8 Å². The van der Waals surface area contributed by atoms with E-state index in [2.05, 4.69) is 10.1 Å². The molecule has 5 unspecified atom stereocenters. The largest absolute Gasteiger partial charge is 0.511 e. The lowest BCUT2D eigenvalue weighted by Gasteiger charge is -2.25. The zero-order valence-electron chi connectivity index (χ0n) is 23.5. The molecule has 1 rings (SSSR count). The van der Waals surface area contributed by atoms with E-state index in [1.807, 2.05) is 0 Å². The number of hydrogen-bond donors (Lipinski definition) is 3. The number of aliphatic hydroxyl groups excluding tert-OH is 1. The normalized spacial score (nSPS) is 15.3. The van der Waals surface area contributed by atoms with E-state index in [9.17, 15) is 44.7 Å². The highest BCUT2D eigenvalue weighted by atomic mass is 32.2. The molecule has 18 heteroatoms. The molecule has 5 atom stereocenters. The summed E-state index contributed by atoms with van der Waals surface area (Å²) in [5, 5.41) is 12.4. The maximum absolute atomic E-state index is 13.3. The molecule has 0 heterocycles. The third-order valence-electron chi connectivity index (χ3n) is 5.53. The Hall–Kier alpha value is -3.06. The lowest BCUT2D eigenvalue weighted by Crippen LogP contribution is -2.52. The number of carbonyl (C=O) groups is 3. The van der Waals surface area contributed by atoms with Crippen molar-refractivity contribution in [3.63, 3.8) is 0 Å². The molecule has 0 bridgehead atoms. The van der Waals surface area contributed by atoms with Gasteiger partial charge in [0.15, 0.2) is 20.1 Å². The first-order chi connectivity index (χ1) is 19.4. The first-order valence-electron chi connectivity index (χ1n) is 12.6. The lowest BCUT2D eigenvalue weighted by molar-refractivity contribution is -0.173. The molecule has 1 aromatic carbocycles. The van der Waals surface area contributed by atoms with Crippen LogP contribution in [0.15, 0.2) is 30.3 Å². The summed E-state index contributed by atoms with van der Waals surface area (Å²) in [5.41, 5.74) is 6.24. The summed E-state index contributed by atoms with van der Waals surface area (Å²) in [4.78, 5) is 37.5. The maximum Gasteiger partial charge on any atom is 0.511 e. The van der Waals surface area contributed by atoms with Gasteiger partial charge in [0.1, 0.15) is 9.84 Å². The minimum absolute atomic E-state index is 0.0146. The number of ether oxygens (including phenoxy) is 3.